The zero-order chi connectivity index (χ0) is 22.5. The highest BCUT2D eigenvalue weighted by atomic mass is 32.2. The fraction of sp³-hybridized carbons (Fsp3) is 0.632. The third-order valence-corrected chi connectivity index (χ3v) is 8.32. The van der Waals surface area contributed by atoms with Crippen molar-refractivity contribution in [2.45, 2.75) is 31.1 Å². The van der Waals surface area contributed by atoms with Crippen LogP contribution in [0.5, 0.6) is 0 Å². The van der Waals surface area contributed by atoms with E-state index in [0.29, 0.717) is 30.8 Å². The number of carbonyl (C=O) groups is 1. The molecule has 0 radical (unpaired) electrons. The van der Waals surface area contributed by atoms with Gasteiger partial charge in [0.05, 0.1) is 16.7 Å². The number of anilines is 1. The van der Waals surface area contributed by atoms with E-state index in [4.69, 9.17) is 0 Å². The van der Waals surface area contributed by atoms with Crippen LogP contribution in [0.15, 0.2) is 23.1 Å². The molecule has 0 aromatic heterocycles. The van der Waals surface area contributed by atoms with E-state index in [1.807, 2.05) is 0 Å². The first-order chi connectivity index (χ1) is 14.0. The molecule has 1 aromatic carbocycles. The Kier molecular flexibility index (Phi) is 8.26. The number of benzene rings is 1. The van der Waals surface area contributed by atoms with E-state index in [2.05, 4.69) is 10.2 Å². The molecule has 0 bridgehead atoms. The van der Waals surface area contributed by atoms with Gasteiger partial charge in [-0.2, -0.15) is 0 Å². The molecule has 1 amide bonds. The average Bonchev–Trinajstić information content (AvgIpc) is 3.20. The number of carbonyl (C=O) groups excluding carboxylic acids is 1. The van der Waals surface area contributed by atoms with Gasteiger partial charge < -0.3 is 10.2 Å². The van der Waals surface area contributed by atoms with Crippen molar-refractivity contribution in [1.29, 1.82) is 0 Å². The maximum atomic E-state index is 12.9. The SMILES string of the molecule is CCN(CCCNC(=O)c1cc(S(=O)(=O)N(C)C)ccc1N1CCCC1)S(C)(=O)=O. The summed E-state index contributed by atoms with van der Waals surface area (Å²) in [7, 11) is -4.04. The normalized spacial score (nSPS) is 15.2. The molecule has 170 valence electrons. The van der Waals surface area contributed by atoms with Crippen LogP contribution in [0.4, 0.5) is 5.69 Å². The molecule has 0 unspecified atom stereocenters. The molecule has 1 aromatic rings. The standard InChI is InChI=1S/C19H32N4O5S2/c1-5-23(29(4,25)26)14-8-11-20-19(24)17-15-16(30(27,28)21(2)3)9-10-18(17)22-12-6-7-13-22/h9-10,15H,5-8,11-14H2,1-4H3,(H,20,24). The molecular weight excluding hydrogens is 428 g/mol. The summed E-state index contributed by atoms with van der Waals surface area (Å²) < 4.78 is 50.8. The molecule has 1 fully saturated rings. The molecule has 2 rings (SSSR count). The molecule has 0 saturated carbocycles. The summed E-state index contributed by atoms with van der Waals surface area (Å²) in [5.74, 6) is -0.366. The molecule has 1 aliphatic rings. The highest BCUT2D eigenvalue weighted by molar-refractivity contribution is 7.89. The van der Waals surface area contributed by atoms with E-state index < -0.39 is 20.0 Å². The fourth-order valence-corrected chi connectivity index (χ4v) is 5.27. The van der Waals surface area contributed by atoms with Crippen LogP contribution in [-0.2, 0) is 20.0 Å². The molecule has 1 aliphatic heterocycles. The maximum Gasteiger partial charge on any atom is 0.253 e. The Bertz CT molecular complexity index is 955. The molecule has 11 heteroatoms. The monoisotopic (exact) mass is 460 g/mol. The lowest BCUT2D eigenvalue weighted by Gasteiger charge is -2.22. The molecule has 0 spiro atoms. The third kappa shape index (κ3) is 5.93. The quantitative estimate of drug-likeness (QED) is 0.521. The highest BCUT2D eigenvalue weighted by Gasteiger charge is 2.24. The summed E-state index contributed by atoms with van der Waals surface area (Å²) in [4.78, 5) is 15.1. The van der Waals surface area contributed by atoms with Gasteiger partial charge in [-0.1, -0.05) is 6.92 Å². The average molecular weight is 461 g/mol. The Hall–Kier alpha value is -1.69. The fourth-order valence-electron chi connectivity index (χ4n) is 3.41. The van der Waals surface area contributed by atoms with Gasteiger partial charge in [-0.3, -0.25) is 4.79 Å². The van der Waals surface area contributed by atoms with Gasteiger partial charge in [0.15, 0.2) is 0 Å². The van der Waals surface area contributed by atoms with E-state index in [1.165, 1.54) is 30.5 Å². The smallest absolute Gasteiger partial charge is 0.253 e. The molecule has 0 aliphatic carbocycles. The Morgan fingerprint density at radius 3 is 2.30 bits per heavy atom. The predicted molar refractivity (Wildman–Crippen MR) is 118 cm³/mol. The summed E-state index contributed by atoms with van der Waals surface area (Å²) in [6.07, 6.45) is 3.67. The molecule has 0 atom stereocenters. The van der Waals surface area contributed by atoms with Crippen LogP contribution < -0.4 is 10.2 Å². The van der Waals surface area contributed by atoms with Gasteiger partial charge in [-0.25, -0.2) is 25.4 Å². The van der Waals surface area contributed by atoms with E-state index in [9.17, 15) is 21.6 Å². The van der Waals surface area contributed by atoms with Crippen LogP contribution in [0.25, 0.3) is 0 Å². The lowest BCUT2D eigenvalue weighted by Crippen LogP contribution is -2.34. The number of nitrogens with one attached hydrogen (secondary N) is 1. The second-order valence-electron chi connectivity index (χ2n) is 7.52. The van der Waals surface area contributed by atoms with E-state index in [1.54, 1.807) is 13.0 Å². The van der Waals surface area contributed by atoms with Crippen molar-refractivity contribution in [3.8, 4) is 0 Å². The minimum atomic E-state index is -3.67. The first-order valence-electron chi connectivity index (χ1n) is 10.0. The Morgan fingerprint density at radius 1 is 1.13 bits per heavy atom. The van der Waals surface area contributed by atoms with E-state index in [0.717, 1.165) is 36.5 Å². The molecular formula is C19H32N4O5S2. The lowest BCUT2D eigenvalue weighted by molar-refractivity contribution is 0.0953. The van der Waals surface area contributed by atoms with Crippen molar-refractivity contribution in [1.82, 2.24) is 13.9 Å². The van der Waals surface area contributed by atoms with Crippen molar-refractivity contribution in [3.05, 3.63) is 23.8 Å². The van der Waals surface area contributed by atoms with E-state index >= 15 is 0 Å². The summed E-state index contributed by atoms with van der Waals surface area (Å²) >= 11 is 0. The number of nitrogens with zero attached hydrogens (tertiary/aromatic N) is 3. The first kappa shape index (κ1) is 24.6. The van der Waals surface area contributed by atoms with Crippen molar-refractivity contribution in [2.24, 2.45) is 0 Å². The topological polar surface area (TPSA) is 107 Å². The highest BCUT2D eigenvalue weighted by Crippen LogP contribution is 2.28. The second-order valence-corrected chi connectivity index (χ2v) is 11.7. The third-order valence-electron chi connectivity index (χ3n) is 5.13. The van der Waals surface area contributed by atoms with E-state index in [-0.39, 0.29) is 17.3 Å². The molecule has 1 heterocycles. The van der Waals surface area contributed by atoms with Crippen LogP contribution in [0.2, 0.25) is 0 Å². The number of amides is 1. The van der Waals surface area contributed by atoms with Gasteiger partial charge in [-0.15, -0.1) is 0 Å². The summed E-state index contributed by atoms with van der Waals surface area (Å²) in [5, 5.41) is 2.81. The summed E-state index contributed by atoms with van der Waals surface area (Å²) in [6.45, 7) is 4.37. The van der Waals surface area contributed by atoms with Crippen LogP contribution >= 0.6 is 0 Å². The molecule has 30 heavy (non-hydrogen) atoms. The van der Waals surface area contributed by atoms with Crippen LogP contribution in [0.1, 0.15) is 36.5 Å². The zero-order valence-corrected chi connectivity index (χ0v) is 19.7. The lowest BCUT2D eigenvalue weighted by atomic mass is 10.1. The minimum absolute atomic E-state index is 0.0647. The maximum absolute atomic E-state index is 12.9. The number of sulfonamides is 2. The number of hydrogen-bond acceptors (Lipinski definition) is 6. The Balaban J connectivity index is 2.19. The first-order valence-corrected chi connectivity index (χ1v) is 13.3. The number of rotatable bonds is 10. The van der Waals surface area contributed by atoms with Gasteiger partial charge >= 0.3 is 0 Å². The van der Waals surface area contributed by atoms with Crippen molar-refractivity contribution < 1.29 is 21.6 Å². The second kappa shape index (κ2) is 10.1. The largest absolute Gasteiger partial charge is 0.371 e. The van der Waals surface area contributed by atoms with Gasteiger partial charge in [0.2, 0.25) is 20.0 Å². The molecule has 1 N–H and O–H groups in total. The van der Waals surface area contributed by atoms with Crippen molar-refractivity contribution in [3.63, 3.8) is 0 Å². The zero-order valence-electron chi connectivity index (χ0n) is 18.1. The molecule has 9 nitrogen and oxygen atoms in total. The van der Waals surface area contributed by atoms with Gasteiger partial charge in [-0.05, 0) is 37.5 Å². The van der Waals surface area contributed by atoms with Gasteiger partial charge in [0.25, 0.3) is 5.91 Å². The molecule has 1 saturated heterocycles. The van der Waals surface area contributed by atoms with Gasteiger partial charge in [0, 0.05) is 52.5 Å². The van der Waals surface area contributed by atoms with Crippen LogP contribution in [0, 0.1) is 0 Å². The van der Waals surface area contributed by atoms with Crippen molar-refractivity contribution >= 4 is 31.6 Å². The summed E-state index contributed by atoms with van der Waals surface area (Å²) in [5.41, 5.74) is 1.03. The minimum Gasteiger partial charge on any atom is -0.371 e. The van der Waals surface area contributed by atoms with Crippen LogP contribution in [-0.4, -0.2) is 84.4 Å². The van der Waals surface area contributed by atoms with Crippen molar-refractivity contribution in [2.75, 3.05) is 58.0 Å². The Labute approximate surface area is 180 Å². The predicted octanol–water partition coefficient (Wildman–Crippen LogP) is 0.939. The van der Waals surface area contributed by atoms with Crippen LogP contribution in [0.3, 0.4) is 0 Å². The summed E-state index contributed by atoms with van der Waals surface area (Å²) in [6, 6.07) is 4.65. The van der Waals surface area contributed by atoms with Gasteiger partial charge in [0.1, 0.15) is 0 Å². The Morgan fingerprint density at radius 2 is 1.77 bits per heavy atom. The number of hydrogen-bond donors (Lipinski definition) is 1.